The number of terminal acetylenes is 1. The summed E-state index contributed by atoms with van der Waals surface area (Å²) in [5, 5.41) is 10.9. The average molecular weight is 235 g/mol. The molecule has 0 saturated heterocycles. The number of aromatic nitrogens is 2. The molecule has 17 heavy (non-hydrogen) atoms. The Labute approximate surface area is 95.9 Å². The minimum atomic E-state index is -1.24. The van der Waals surface area contributed by atoms with Crippen molar-refractivity contribution >= 4 is 11.9 Å². The number of carbonyl (C=O) groups is 2. The lowest BCUT2D eigenvalue weighted by molar-refractivity contribution is -0.139. The summed E-state index contributed by atoms with van der Waals surface area (Å²) >= 11 is 0. The van der Waals surface area contributed by atoms with Crippen LogP contribution in [0.15, 0.2) is 17.2 Å². The number of aliphatic carboxylic acids is 1. The molecular formula is C10H9N3O4. The van der Waals surface area contributed by atoms with Crippen LogP contribution in [0.25, 0.3) is 0 Å². The minimum Gasteiger partial charge on any atom is -0.480 e. The highest BCUT2D eigenvalue weighted by molar-refractivity contribution is 5.94. The Bertz CT molecular complexity index is 509. The predicted molar refractivity (Wildman–Crippen MR) is 57.2 cm³/mol. The van der Waals surface area contributed by atoms with E-state index in [1.807, 2.05) is 0 Å². The third kappa shape index (κ3) is 3.46. The third-order valence-electron chi connectivity index (χ3n) is 1.83. The van der Waals surface area contributed by atoms with Gasteiger partial charge < -0.3 is 15.4 Å². The number of carbonyl (C=O) groups excluding carboxylic acids is 1. The summed E-state index contributed by atoms with van der Waals surface area (Å²) in [5.74, 6) is 0.187. The summed E-state index contributed by atoms with van der Waals surface area (Å²) in [6.45, 7) is 0. The zero-order valence-electron chi connectivity index (χ0n) is 8.64. The van der Waals surface area contributed by atoms with Gasteiger partial charge in [0.25, 0.3) is 11.5 Å². The molecule has 1 aromatic heterocycles. The van der Waals surface area contributed by atoms with Gasteiger partial charge >= 0.3 is 5.97 Å². The van der Waals surface area contributed by atoms with Crippen LogP contribution < -0.4 is 10.9 Å². The molecule has 88 valence electrons. The van der Waals surface area contributed by atoms with Gasteiger partial charge in [0.15, 0.2) is 0 Å². The molecular weight excluding hydrogens is 226 g/mol. The first-order valence-corrected chi connectivity index (χ1v) is 4.56. The fourth-order valence-electron chi connectivity index (χ4n) is 1.02. The smallest absolute Gasteiger partial charge is 0.327 e. The summed E-state index contributed by atoms with van der Waals surface area (Å²) in [4.78, 5) is 38.7. The van der Waals surface area contributed by atoms with E-state index >= 15 is 0 Å². The molecule has 3 N–H and O–H groups in total. The van der Waals surface area contributed by atoms with Crippen LogP contribution in [0.1, 0.15) is 16.9 Å². The molecule has 7 heteroatoms. The molecule has 1 unspecified atom stereocenters. The number of nitrogens with one attached hydrogen (secondary N) is 2. The van der Waals surface area contributed by atoms with Crippen LogP contribution in [0, 0.1) is 12.3 Å². The van der Waals surface area contributed by atoms with E-state index in [4.69, 9.17) is 11.5 Å². The van der Waals surface area contributed by atoms with Crippen molar-refractivity contribution in [2.24, 2.45) is 0 Å². The van der Waals surface area contributed by atoms with Crippen molar-refractivity contribution in [2.45, 2.75) is 12.5 Å². The average Bonchev–Trinajstić information content (AvgIpc) is 2.29. The summed E-state index contributed by atoms with van der Waals surface area (Å²) in [5.41, 5.74) is -0.548. The maximum atomic E-state index is 11.5. The van der Waals surface area contributed by atoms with Gasteiger partial charge in [0.05, 0.1) is 6.20 Å². The van der Waals surface area contributed by atoms with E-state index < -0.39 is 23.5 Å². The Morgan fingerprint density at radius 1 is 1.65 bits per heavy atom. The topological polar surface area (TPSA) is 112 Å². The van der Waals surface area contributed by atoms with Crippen molar-refractivity contribution in [3.05, 3.63) is 28.4 Å². The molecule has 0 aliphatic heterocycles. The summed E-state index contributed by atoms with van der Waals surface area (Å²) in [7, 11) is 0. The number of rotatable bonds is 4. The molecule has 0 radical (unpaired) electrons. The van der Waals surface area contributed by atoms with Crippen LogP contribution >= 0.6 is 0 Å². The summed E-state index contributed by atoms with van der Waals surface area (Å²) in [6.07, 6.45) is 6.85. The van der Waals surface area contributed by atoms with Gasteiger partial charge in [0.1, 0.15) is 11.7 Å². The highest BCUT2D eigenvalue weighted by Gasteiger charge is 2.20. The molecule has 1 rings (SSSR count). The maximum Gasteiger partial charge on any atom is 0.327 e. The normalized spacial score (nSPS) is 11.2. The third-order valence-corrected chi connectivity index (χ3v) is 1.83. The van der Waals surface area contributed by atoms with E-state index in [1.54, 1.807) is 0 Å². The molecule has 0 spiro atoms. The molecule has 0 aromatic carbocycles. The predicted octanol–water partition coefficient (Wildman–Crippen LogP) is -1.02. The van der Waals surface area contributed by atoms with E-state index in [-0.39, 0.29) is 12.1 Å². The Kier molecular flexibility index (Phi) is 4.00. The van der Waals surface area contributed by atoms with Crippen LogP contribution in [-0.4, -0.2) is 33.0 Å². The van der Waals surface area contributed by atoms with Gasteiger partial charge in [-0.3, -0.25) is 9.59 Å². The van der Waals surface area contributed by atoms with E-state index in [0.717, 1.165) is 12.4 Å². The summed E-state index contributed by atoms with van der Waals surface area (Å²) < 4.78 is 0. The lowest BCUT2D eigenvalue weighted by Gasteiger charge is -2.10. The molecule has 1 aromatic rings. The lowest BCUT2D eigenvalue weighted by atomic mass is 10.2. The standard InChI is InChI=1S/C10H9N3O4/c1-2-3-6(10(16)17)13-9(15)7-4-12-8(14)5-11-7/h1,4-6H,3H2,(H,12,14)(H,13,15)(H,16,17). The van der Waals surface area contributed by atoms with Crippen LogP contribution in [-0.2, 0) is 4.79 Å². The van der Waals surface area contributed by atoms with Gasteiger partial charge in [-0.25, -0.2) is 9.78 Å². The maximum absolute atomic E-state index is 11.5. The zero-order valence-corrected chi connectivity index (χ0v) is 8.64. The van der Waals surface area contributed by atoms with Crippen molar-refractivity contribution in [2.75, 3.05) is 0 Å². The molecule has 1 atom stereocenters. The first-order chi connectivity index (χ1) is 8.04. The highest BCUT2D eigenvalue weighted by atomic mass is 16.4. The van der Waals surface area contributed by atoms with Crippen LogP contribution in [0.4, 0.5) is 0 Å². The largest absolute Gasteiger partial charge is 0.480 e. The molecule has 0 aliphatic rings. The molecule has 0 saturated carbocycles. The van der Waals surface area contributed by atoms with Crippen molar-refractivity contribution in [3.63, 3.8) is 0 Å². The molecule has 0 aliphatic carbocycles. The zero-order chi connectivity index (χ0) is 12.8. The number of hydrogen-bond acceptors (Lipinski definition) is 4. The first kappa shape index (κ1) is 12.4. The van der Waals surface area contributed by atoms with Crippen molar-refractivity contribution in [1.82, 2.24) is 15.3 Å². The fourth-order valence-corrected chi connectivity index (χ4v) is 1.02. The first-order valence-electron chi connectivity index (χ1n) is 4.56. The van der Waals surface area contributed by atoms with E-state index in [9.17, 15) is 14.4 Å². The van der Waals surface area contributed by atoms with Crippen molar-refractivity contribution < 1.29 is 14.7 Å². The molecule has 7 nitrogen and oxygen atoms in total. The van der Waals surface area contributed by atoms with E-state index in [1.165, 1.54) is 0 Å². The number of hydrogen-bond donors (Lipinski definition) is 3. The Morgan fingerprint density at radius 2 is 2.35 bits per heavy atom. The number of carboxylic acid groups (broad SMARTS) is 1. The van der Waals surface area contributed by atoms with Crippen LogP contribution in [0.2, 0.25) is 0 Å². The molecule has 1 amide bonds. The van der Waals surface area contributed by atoms with E-state index in [0.29, 0.717) is 0 Å². The van der Waals surface area contributed by atoms with Gasteiger partial charge in [-0.1, -0.05) is 0 Å². The monoisotopic (exact) mass is 235 g/mol. The molecule has 0 bridgehead atoms. The number of H-pyrrole nitrogens is 1. The highest BCUT2D eigenvalue weighted by Crippen LogP contribution is 1.95. The number of aromatic amines is 1. The van der Waals surface area contributed by atoms with Crippen molar-refractivity contribution in [3.8, 4) is 12.3 Å². The van der Waals surface area contributed by atoms with Crippen LogP contribution in [0.5, 0.6) is 0 Å². The number of carboxylic acids is 1. The van der Waals surface area contributed by atoms with Gasteiger partial charge in [-0.2, -0.15) is 0 Å². The Balaban J connectivity index is 2.77. The Morgan fingerprint density at radius 3 is 2.82 bits per heavy atom. The second-order valence-electron chi connectivity index (χ2n) is 3.07. The second-order valence-corrected chi connectivity index (χ2v) is 3.07. The lowest BCUT2D eigenvalue weighted by Crippen LogP contribution is -2.41. The van der Waals surface area contributed by atoms with Gasteiger partial charge in [-0.05, 0) is 0 Å². The number of nitrogens with zero attached hydrogens (tertiary/aromatic N) is 1. The quantitative estimate of drug-likeness (QED) is 0.578. The Hall–Kier alpha value is -2.62. The van der Waals surface area contributed by atoms with Crippen molar-refractivity contribution in [1.29, 1.82) is 0 Å². The molecule has 0 fully saturated rings. The fraction of sp³-hybridized carbons (Fsp3) is 0.200. The minimum absolute atomic E-state index is 0.0899. The van der Waals surface area contributed by atoms with Gasteiger partial charge in [0, 0.05) is 12.6 Å². The van der Waals surface area contributed by atoms with Crippen LogP contribution in [0.3, 0.4) is 0 Å². The van der Waals surface area contributed by atoms with Gasteiger partial charge in [-0.15, -0.1) is 12.3 Å². The van der Waals surface area contributed by atoms with Gasteiger partial charge in [0.2, 0.25) is 0 Å². The summed E-state index contributed by atoms with van der Waals surface area (Å²) in [6, 6.07) is -1.18. The van der Waals surface area contributed by atoms with E-state index in [2.05, 4.69) is 21.2 Å². The number of amides is 1. The SMILES string of the molecule is C#CCC(NC(=O)c1c[nH]c(=O)cn1)C(=O)O. The second kappa shape index (κ2) is 5.46. The molecule has 1 heterocycles.